The normalized spacial score (nSPS) is 17.0. The van der Waals surface area contributed by atoms with Crippen LogP contribution < -0.4 is 0 Å². The van der Waals surface area contributed by atoms with Crippen molar-refractivity contribution < 1.29 is 36.9 Å². The zero-order chi connectivity index (χ0) is 41.3. The number of ether oxygens (including phenoxy) is 2. The lowest BCUT2D eigenvalue weighted by Gasteiger charge is -2.27. The lowest BCUT2D eigenvalue weighted by molar-refractivity contribution is -0.140. The molecule has 0 aliphatic rings. The highest BCUT2D eigenvalue weighted by atomic mass is 32.7. The van der Waals surface area contributed by atoms with Gasteiger partial charge >= 0.3 is 5.97 Å². The van der Waals surface area contributed by atoms with Crippen LogP contribution in [0.3, 0.4) is 0 Å². The molecule has 0 fully saturated rings. The Morgan fingerprint density at radius 2 is 1.15 bits per heavy atom. The van der Waals surface area contributed by atoms with Crippen molar-refractivity contribution >= 4 is 62.6 Å². The summed E-state index contributed by atoms with van der Waals surface area (Å²) in [7, 11) is -1.58. The summed E-state index contributed by atoms with van der Waals surface area (Å²) >= 11 is 5.34. The molecule has 330 valence electrons. The summed E-state index contributed by atoms with van der Waals surface area (Å²) < 4.78 is 43.6. The predicted molar refractivity (Wildman–Crippen MR) is 249 cm³/mol. The highest BCUT2D eigenvalue weighted by Gasteiger charge is 2.25. The lowest BCUT2D eigenvalue weighted by Crippen LogP contribution is -2.19. The van der Waals surface area contributed by atoms with Crippen LogP contribution in [-0.4, -0.2) is 81.2 Å². The van der Waals surface area contributed by atoms with E-state index in [9.17, 15) is 4.79 Å². The first kappa shape index (κ1) is 56.6. The van der Waals surface area contributed by atoms with Gasteiger partial charge in [0.25, 0.3) is 0 Å². The topological polar surface area (TPSA) is 81.7 Å². The average molecular weight is 895 g/mol. The number of esters is 1. The molecule has 8 atom stereocenters. The van der Waals surface area contributed by atoms with E-state index in [1.54, 1.807) is 11.4 Å². The maximum absolute atomic E-state index is 11.7. The zero-order valence-electron chi connectivity index (χ0n) is 37.2. The molecule has 0 saturated carbocycles. The van der Waals surface area contributed by atoms with Gasteiger partial charge in [0.1, 0.15) is 0 Å². The third-order valence-electron chi connectivity index (χ3n) is 9.14. The molecule has 0 spiro atoms. The van der Waals surface area contributed by atoms with E-state index in [0.717, 1.165) is 56.8 Å². The van der Waals surface area contributed by atoms with Gasteiger partial charge in [-0.2, -0.15) is 0 Å². The van der Waals surface area contributed by atoms with Crippen LogP contribution in [-0.2, 0) is 36.9 Å². The SMILES string of the molecule is CCCCC(CC)COCC(C)OP(CC(C)CSP(OCC(CC)CCCC)OCC(CC)CCCC)SCC(C)OP(OC(C)C)SCCC(=O)OC. The van der Waals surface area contributed by atoms with Crippen LogP contribution in [0.5, 0.6) is 0 Å². The molecular formula is C41H85O8P3S3. The third-order valence-corrected chi connectivity index (χ3v) is 20.4. The molecule has 0 heterocycles. The van der Waals surface area contributed by atoms with Crippen molar-refractivity contribution in [3.05, 3.63) is 0 Å². The highest BCUT2D eigenvalue weighted by molar-refractivity contribution is 8.54. The number of hydrogen-bond acceptors (Lipinski definition) is 11. The van der Waals surface area contributed by atoms with Gasteiger partial charge in [0.2, 0.25) is 15.2 Å². The van der Waals surface area contributed by atoms with E-state index in [4.69, 9.17) is 32.1 Å². The first-order valence-electron chi connectivity index (χ1n) is 21.6. The molecule has 0 aromatic carbocycles. The zero-order valence-corrected chi connectivity index (χ0v) is 42.4. The van der Waals surface area contributed by atoms with E-state index in [1.165, 1.54) is 64.9 Å². The van der Waals surface area contributed by atoms with Crippen molar-refractivity contribution in [1.82, 2.24) is 0 Å². The first-order chi connectivity index (χ1) is 26.4. The molecule has 0 radical (unpaired) electrons. The maximum atomic E-state index is 11.7. The predicted octanol–water partition coefficient (Wildman–Crippen LogP) is 15.1. The fourth-order valence-corrected chi connectivity index (χ4v) is 16.9. The van der Waals surface area contributed by atoms with Gasteiger partial charge < -0.3 is 32.1 Å². The Kier molecular flexibility index (Phi) is 39.6. The fourth-order valence-electron chi connectivity index (χ4n) is 5.32. The Hall–Kier alpha value is 1.57. The molecule has 0 rings (SSSR count). The number of unbranched alkanes of at least 4 members (excludes halogenated alkanes) is 3. The van der Waals surface area contributed by atoms with Crippen LogP contribution in [0.25, 0.3) is 0 Å². The molecule has 0 amide bonds. The molecule has 0 aliphatic heterocycles. The molecule has 0 aliphatic carbocycles. The van der Waals surface area contributed by atoms with E-state index >= 15 is 0 Å². The molecule has 0 aromatic rings. The summed E-state index contributed by atoms with van der Waals surface area (Å²) in [6.45, 7) is 27.3. The summed E-state index contributed by atoms with van der Waals surface area (Å²) in [6, 6.07) is 0. The molecule has 8 nitrogen and oxygen atoms in total. The standard InChI is InChI=1S/C41H85O8P3S3/c1-13-19-22-38(16-4)28-44-27-36(10)48-50(54-33-37(11)49-52(47-34(7)8)53-26-25-41(42)43-12)31-35(9)32-55-51(45-29-39(17-5)23-20-14-2)46-30-40(18-6)24-21-15-3/h34-40H,13-33H2,1-12H3. The molecular weight excluding hydrogens is 810 g/mol. The number of hydrogen-bond donors (Lipinski definition) is 0. The van der Waals surface area contributed by atoms with E-state index in [0.29, 0.717) is 42.5 Å². The summed E-state index contributed by atoms with van der Waals surface area (Å²) in [5, 5.41) is 0. The Labute approximate surface area is 356 Å². The van der Waals surface area contributed by atoms with Crippen molar-refractivity contribution in [2.75, 3.05) is 57.0 Å². The number of carbonyl (C=O) groups excluding carboxylic acids is 1. The van der Waals surface area contributed by atoms with Crippen molar-refractivity contribution in [3.8, 4) is 0 Å². The molecule has 0 aromatic heterocycles. The minimum Gasteiger partial charge on any atom is -0.469 e. The van der Waals surface area contributed by atoms with E-state index in [1.807, 2.05) is 36.6 Å². The third kappa shape index (κ3) is 32.9. The Morgan fingerprint density at radius 1 is 0.600 bits per heavy atom. The lowest BCUT2D eigenvalue weighted by atomic mass is 10.0. The largest absolute Gasteiger partial charge is 0.469 e. The molecule has 55 heavy (non-hydrogen) atoms. The summed E-state index contributed by atoms with van der Waals surface area (Å²) in [6.07, 6.45) is 15.9. The molecule has 0 saturated heterocycles. The van der Waals surface area contributed by atoms with Crippen LogP contribution in [0.15, 0.2) is 0 Å². The second kappa shape index (κ2) is 38.5. The monoisotopic (exact) mass is 894 g/mol. The van der Waals surface area contributed by atoms with Gasteiger partial charge in [-0.05, 0) is 70.6 Å². The fraction of sp³-hybridized carbons (Fsp3) is 0.976. The van der Waals surface area contributed by atoms with Gasteiger partial charge in [0.15, 0.2) is 0 Å². The van der Waals surface area contributed by atoms with Crippen LogP contribution in [0.2, 0.25) is 0 Å². The summed E-state index contributed by atoms with van der Waals surface area (Å²) in [5.74, 6) is 4.41. The number of rotatable bonds is 40. The Morgan fingerprint density at radius 3 is 1.64 bits per heavy atom. The number of carbonyl (C=O) groups is 1. The van der Waals surface area contributed by atoms with E-state index in [2.05, 4.69) is 62.3 Å². The quantitative estimate of drug-likeness (QED) is 0.0436. The summed E-state index contributed by atoms with van der Waals surface area (Å²) in [5.41, 5.74) is 0. The van der Waals surface area contributed by atoms with Gasteiger partial charge in [-0.25, -0.2) is 0 Å². The Bertz CT molecular complexity index is 852. The van der Waals surface area contributed by atoms with E-state index < -0.39 is 22.5 Å². The van der Waals surface area contributed by atoms with Crippen molar-refractivity contribution in [1.29, 1.82) is 0 Å². The minimum atomic E-state index is -1.19. The van der Waals surface area contributed by atoms with Crippen LogP contribution in [0.1, 0.15) is 160 Å². The van der Waals surface area contributed by atoms with Crippen molar-refractivity contribution in [2.24, 2.45) is 23.7 Å². The van der Waals surface area contributed by atoms with Gasteiger partial charge in [-0.15, -0.1) is 11.4 Å². The molecule has 0 bridgehead atoms. The second-order valence-electron chi connectivity index (χ2n) is 15.2. The molecule has 14 heteroatoms. The first-order valence-corrected chi connectivity index (χ1v) is 30.2. The smallest absolute Gasteiger partial charge is 0.306 e. The molecule has 8 unspecified atom stereocenters. The summed E-state index contributed by atoms with van der Waals surface area (Å²) in [4.78, 5) is 11.7. The van der Waals surface area contributed by atoms with Gasteiger partial charge in [-0.1, -0.05) is 129 Å². The van der Waals surface area contributed by atoms with E-state index in [-0.39, 0.29) is 24.3 Å². The van der Waals surface area contributed by atoms with Gasteiger partial charge in [-0.3, -0.25) is 4.79 Å². The second-order valence-corrected chi connectivity index (χ2v) is 25.4. The number of methoxy groups -OCH3 is 1. The van der Waals surface area contributed by atoms with Crippen LogP contribution in [0.4, 0.5) is 0 Å². The highest BCUT2D eigenvalue weighted by Crippen LogP contribution is 2.58. The van der Waals surface area contributed by atoms with Crippen molar-refractivity contribution in [3.63, 3.8) is 0 Å². The van der Waals surface area contributed by atoms with Crippen LogP contribution >= 0.6 is 56.7 Å². The molecule has 0 N–H and O–H groups in total. The van der Waals surface area contributed by atoms with Gasteiger partial charge in [0, 0.05) is 30.0 Å². The Balaban J connectivity index is 5.63. The maximum Gasteiger partial charge on any atom is 0.306 e. The van der Waals surface area contributed by atoms with Crippen LogP contribution in [0, 0.1) is 23.7 Å². The van der Waals surface area contributed by atoms with Crippen molar-refractivity contribution in [2.45, 2.75) is 178 Å². The minimum absolute atomic E-state index is 0.0145. The average Bonchev–Trinajstić information content (AvgIpc) is 3.16. The van der Waals surface area contributed by atoms with Gasteiger partial charge in [0.05, 0.1) is 59.0 Å².